The first kappa shape index (κ1) is 26.0. The van der Waals surface area contributed by atoms with Crippen LogP contribution in [0.25, 0.3) is 0 Å². The summed E-state index contributed by atoms with van der Waals surface area (Å²) in [6.07, 6.45) is 3.29. The summed E-state index contributed by atoms with van der Waals surface area (Å²) in [5.74, 6) is 7.39. The van der Waals surface area contributed by atoms with Gasteiger partial charge in [0, 0.05) is 24.0 Å². The van der Waals surface area contributed by atoms with Gasteiger partial charge < -0.3 is 9.47 Å². The van der Waals surface area contributed by atoms with Crippen molar-refractivity contribution in [3.05, 3.63) is 122 Å². The molecule has 7 heteroatoms. The molecule has 0 fully saturated rings. The van der Waals surface area contributed by atoms with E-state index in [4.69, 9.17) is 9.47 Å². The fourth-order valence-corrected chi connectivity index (χ4v) is 3.42. The molecule has 4 rings (SSSR count). The fraction of sp³-hybridized carbons (Fsp3) is 0.207. The zero-order valence-corrected chi connectivity index (χ0v) is 20.9. The van der Waals surface area contributed by atoms with E-state index in [9.17, 15) is 9.59 Å². The Kier molecular flexibility index (Phi) is 9.24. The van der Waals surface area contributed by atoms with E-state index in [2.05, 4.69) is 16.8 Å². The SMILES string of the molecule is CC.COc1ccc(Cn2c(C#Cc3cccnc3)cc(=O)n(Cc3ccc(OC)cc3)c2=O)cc1. The number of rotatable bonds is 6. The molecule has 4 aromatic rings. The van der Waals surface area contributed by atoms with Gasteiger partial charge in [-0.1, -0.05) is 44.0 Å². The average Bonchev–Trinajstić information content (AvgIpc) is 2.94. The Morgan fingerprint density at radius 2 is 1.33 bits per heavy atom. The molecule has 2 heterocycles. The Hall–Kier alpha value is -4.57. The van der Waals surface area contributed by atoms with Crippen molar-refractivity contribution in [2.45, 2.75) is 26.9 Å². The minimum atomic E-state index is -0.436. The molecule has 0 radical (unpaired) electrons. The molecule has 0 bridgehead atoms. The number of ether oxygens (including phenoxy) is 2. The van der Waals surface area contributed by atoms with E-state index in [1.54, 1.807) is 44.8 Å². The first-order valence-corrected chi connectivity index (χ1v) is 11.6. The van der Waals surface area contributed by atoms with Crippen LogP contribution in [0.15, 0.2) is 88.7 Å². The molecule has 184 valence electrons. The molecule has 0 saturated heterocycles. The number of aromatic nitrogens is 3. The second-order valence-corrected chi connectivity index (χ2v) is 7.51. The van der Waals surface area contributed by atoms with Crippen LogP contribution in [0.4, 0.5) is 0 Å². The van der Waals surface area contributed by atoms with E-state index >= 15 is 0 Å². The van der Waals surface area contributed by atoms with Crippen molar-refractivity contribution in [3.63, 3.8) is 0 Å². The lowest BCUT2D eigenvalue weighted by molar-refractivity contribution is 0.414. The second-order valence-electron chi connectivity index (χ2n) is 7.51. The van der Waals surface area contributed by atoms with Gasteiger partial charge >= 0.3 is 5.69 Å². The van der Waals surface area contributed by atoms with E-state index in [1.807, 2.05) is 56.3 Å². The molecule has 0 atom stereocenters. The lowest BCUT2D eigenvalue weighted by atomic mass is 10.2. The predicted octanol–water partition coefficient (Wildman–Crippen LogP) is 3.94. The first-order valence-electron chi connectivity index (χ1n) is 11.6. The standard InChI is InChI=1S/C27H23N3O4.C2H6/c1-33-24-11-6-21(7-12-24)18-29-23(10-5-20-4-3-15-28-17-20)16-26(31)30(27(29)32)19-22-8-13-25(34-2)14-9-22;1-2/h3-4,6-9,11-17H,18-19H2,1-2H3;1-2H3. The summed E-state index contributed by atoms with van der Waals surface area (Å²) < 4.78 is 13.1. The highest BCUT2D eigenvalue weighted by Gasteiger charge is 2.12. The fourth-order valence-electron chi connectivity index (χ4n) is 3.42. The van der Waals surface area contributed by atoms with Crippen molar-refractivity contribution < 1.29 is 9.47 Å². The monoisotopic (exact) mass is 483 g/mol. The van der Waals surface area contributed by atoms with Crippen LogP contribution in [0.5, 0.6) is 11.5 Å². The highest BCUT2D eigenvalue weighted by Crippen LogP contribution is 2.13. The average molecular weight is 484 g/mol. The summed E-state index contributed by atoms with van der Waals surface area (Å²) in [5.41, 5.74) is 1.86. The van der Waals surface area contributed by atoms with Gasteiger partial charge in [0.25, 0.3) is 5.56 Å². The number of hydrogen-bond donors (Lipinski definition) is 0. The Balaban J connectivity index is 0.00000176. The molecule has 0 unspecified atom stereocenters. The van der Waals surface area contributed by atoms with Gasteiger partial charge in [-0.15, -0.1) is 0 Å². The van der Waals surface area contributed by atoms with Crippen molar-refractivity contribution in [1.29, 1.82) is 0 Å². The molecule has 0 aliphatic carbocycles. The second kappa shape index (κ2) is 12.8. The van der Waals surface area contributed by atoms with Gasteiger partial charge in [-0.2, -0.15) is 0 Å². The van der Waals surface area contributed by atoms with Crippen molar-refractivity contribution in [2.75, 3.05) is 14.2 Å². The van der Waals surface area contributed by atoms with E-state index < -0.39 is 11.2 Å². The normalized spacial score (nSPS) is 9.89. The molecule has 7 nitrogen and oxygen atoms in total. The van der Waals surface area contributed by atoms with Gasteiger partial charge in [0.15, 0.2) is 0 Å². The van der Waals surface area contributed by atoms with Gasteiger partial charge in [-0.05, 0) is 53.4 Å². The van der Waals surface area contributed by atoms with Crippen molar-refractivity contribution in [1.82, 2.24) is 14.1 Å². The molecule has 0 spiro atoms. The Morgan fingerprint density at radius 1 is 0.778 bits per heavy atom. The van der Waals surface area contributed by atoms with Gasteiger partial charge in [0.1, 0.15) is 17.2 Å². The highest BCUT2D eigenvalue weighted by atomic mass is 16.5. The Bertz CT molecular complexity index is 1440. The molecule has 0 saturated carbocycles. The lowest BCUT2D eigenvalue weighted by Gasteiger charge is -2.13. The number of hydrogen-bond acceptors (Lipinski definition) is 5. The third kappa shape index (κ3) is 6.51. The largest absolute Gasteiger partial charge is 0.497 e. The summed E-state index contributed by atoms with van der Waals surface area (Å²) in [7, 11) is 3.18. The summed E-state index contributed by atoms with van der Waals surface area (Å²) in [6, 6.07) is 19.7. The third-order valence-electron chi connectivity index (χ3n) is 5.27. The van der Waals surface area contributed by atoms with Crippen LogP contribution < -0.4 is 20.7 Å². The maximum atomic E-state index is 13.5. The Labute approximate surface area is 210 Å². The topological polar surface area (TPSA) is 75.3 Å². The van der Waals surface area contributed by atoms with Crippen LogP contribution in [0.2, 0.25) is 0 Å². The van der Waals surface area contributed by atoms with Gasteiger partial charge in [-0.25, -0.2) is 4.79 Å². The smallest absolute Gasteiger partial charge is 0.332 e. The minimum Gasteiger partial charge on any atom is -0.497 e. The van der Waals surface area contributed by atoms with Gasteiger partial charge in [0.2, 0.25) is 0 Å². The van der Waals surface area contributed by atoms with Crippen molar-refractivity contribution >= 4 is 0 Å². The summed E-state index contributed by atoms with van der Waals surface area (Å²) in [5, 5.41) is 0. The maximum absolute atomic E-state index is 13.5. The van der Waals surface area contributed by atoms with E-state index in [1.165, 1.54) is 15.2 Å². The molecule has 2 aromatic heterocycles. The number of pyridine rings is 1. The number of nitrogens with zero attached hydrogens (tertiary/aromatic N) is 3. The summed E-state index contributed by atoms with van der Waals surface area (Å²) in [6.45, 7) is 4.39. The lowest BCUT2D eigenvalue weighted by Crippen LogP contribution is -2.41. The molecule has 0 N–H and O–H groups in total. The van der Waals surface area contributed by atoms with E-state index in [0.717, 1.165) is 16.9 Å². The van der Waals surface area contributed by atoms with Gasteiger partial charge in [0.05, 0.1) is 27.3 Å². The van der Waals surface area contributed by atoms with Crippen LogP contribution in [0, 0.1) is 11.8 Å². The van der Waals surface area contributed by atoms with Crippen LogP contribution in [-0.4, -0.2) is 28.3 Å². The van der Waals surface area contributed by atoms with Crippen LogP contribution in [0.1, 0.15) is 36.2 Å². The summed E-state index contributed by atoms with van der Waals surface area (Å²) in [4.78, 5) is 30.4. The van der Waals surface area contributed by atoms with Gasteiger partial charge in [-0.3, -0.25) is 18.9 Å². The zero-order chi connectivity index (χ0) is 25.9. The third-order valence-corrected chi connectivity index (χ3v) is 5.27. The maximum Gasteiger partial charge on any atom is 0.332 e. The minimum absolute atomic E-state index is 0.139. The quantitative estimate of drug-likeness (QED) is 0.388. The van der Waals surface area contributed by atoms with Crippen molar-refractivity contribution in [3.8, 4) is 23.3 Å². The van der Waals surface area contributed by atoms with E-state index in [0.29, 0.717) is 17.0 Å². The molecule has 0 aliphatic rings. The Morgan fingerprint density at radius 3 is 1.83 bits per heavy atom. The van der Waals surface area contributed by atoms with Crippen molar-refractivity contribution in [2.24, 2.45) is 0 Å². The van der Waals surface area contributed by atoms with Crippen LogP contribution in [-0.2, 0) is 13.1 Å². The number of methoxy groups -OCH3 is 2. The highest BCUT2D eigenvalue weighted by molar-refractivity contribution is 5.39. The van der Waals surface area contributed by atoms with E-state index in [-0.39, 0.29) is 13.1 Å². The molecule has 0 amide bonds. The summed E-state index contributed by atoms with van der Waals surface area (Å²) >= 11 is 0. The van der Waals surface area contributed by atoms with Crippen LogP contribution >= 0.6 is 0 Å². The molecular formula is C29H29N3O4. The number of benzene rings is 2. The predicted molar refractivity (Wildman–Crippen MR) is 141 cm³/mol. The molecule has 36 heavy (non-hydrogen) atoms. The molecule has 0 aliphatic heterocycles. The van der Waals surface area contributed by atoms with Crippen LogP contribution in [0.3, 0.4) is 0 Å². The zero-order valence-electron chi connectivity index (χ0n) is 20.9. The molecular weight excluding hydrogens is 454 g/mol. The first-order chi connectivity index (χ1) is 17.6. The molecule has 2 aromatic carbocycles.